The number of carboxylic acids is 2. The summed E-state index contributed by atoms with van der Waals surface area (Å²) in [6, 6.07) is 18.8. The molecule has 1 aliphatic heterocycles. The van der Waals surface area contributed by atoms with Gasteiger partial charge in [0.2, 0.25) is 0 Å². The zero-order chi connectivity index (χ0) is 30.7. The molecule has 10 nitrogen and oxygen atoms in total. The summed E-state index contributed by atoms with van der Waals surface area (Å²) in [6.45, 7) is 7.16. The summed E-state index contributed by atoms with van der Waals surface area (Å²) in [4.78, 5) is 38.2. The molecule has 2 fully saturated rings. The van der Waals surface area contributed by atoms with Gasteiger partial charge in [0.05, 0.1) is 18.2 Å². The third kappa shape index (κ3) is 8.53. The van der Waals surface area contributed by atoms with Crippen molar-refractivity contribution in [3.8, 4) is 5.75 Å². The van der Waals surface area contributed by atoms with Gasteiger partial charge in [-0.05, 0) is 50.4 Å². The first-order chi connectivity index (χ1) is 20.1. The Hall–Kier alpha value is -3.47. The molecule has 0 aromatic heterocycles. The molecule has 0 amide bonds. The van der Waals surface area contributed by atoms with Crippen molar-refractivity contribution in [3.05, 3.63) is 60.2 Å². The molecule has 1 aliphatic carbocycles. The maximum atomic E-state index is 13.8. The molecule has 2 aliphatic rings. The van der Waals surface area contributed by atoms with E-state index in [0.29, 0.717) is 5.78 Å². The van der Waals surface area contributed by atoms with Crippen molar-refractivity contribution in [3.63, 3.8) is 0 Å². The predicted octanol–water partition coefficient (Wildman–Crippen LogP) is 3.19. The number of benzene rings is 2. The van der Waals surface area contributed by atoms with E-state index in [2.05, 4.69) is 53.1 Å². The van der Waals surface area contributed by atoms with Gasteiger partial charge in [0, 0.05) is 32.1 Å². The van der Waals surface area contributed by atoms with Crippen LogP contribution < -0.4 is 9.64 Å². The number of anilines is 1. The molecule has 1 unspecified atom stereocenters. The number of aliphatic hydroxyl groups excluding tert-OH is 2. The van der Waals surface area contributed by atoms with E-state index in [1.54, 1.807) is 7.11 Å². The topological polar surface area (TPSA) is 148 Å². The SMILES string of the molecule is COc1ccccc1N1CCN(CCC(C)(C(=O)C2CCCCC2)c2ccccc2)CC1.O=C(O)[C@H](O)[C@@H](O)C(=O)O. The molecule has 2 aromatic rings. The number of methoxy groups -OCH3 is 1. The number of piperazine rings is 1. The Bertz CT molecular complexity index is 1140. The summed E-state index contributed by atoms with van der Waals surface area (Å²) in [5, 5.41) is 32.5. The molecule has 2 aromatic carbocycles. The normalized spacial score (nSPS) is 19.0. The summed E-state index contributed by atoms with van der Waals surface area (Å²) in [5.41, 5.74) is 1.96. The third-order valence-corrected chi connectivity index (χ3v) is 8.46. The van der Waals surface area contributed by atoms with E-state index in [0.717, 1.165) is 57.7 Å². The van der Waals surface area contributed by atoms with E-state index in [1.165, 1.54) is 30.5 Å². The predicted molar refractivity (Wildman–Crippen MR) is 159 cm³/mol. The number of ketones is 1. The number of carbonyl (C=O) groups excluding carboxylic acids is 1. The molecule has 230 valence electrons. The fourth-order valence-electron chi connectivity index (χ4n) is 5.79. The molecule has 4 N–H and O–H groups in total. The van der Waals surface area contributed by atoms with E-state index >= 15 is 0 Å². The zero-order valence-electron chi connectivity index (χ0n) is 24.5. The zero-order valence-corrected chi connectivity index (χ0v) is 24.5. The van der Waals surface area contributed by atoms with Crippen LogP contribution in [0, 0.1) is 5.92 Å². The minimum Gasteiger partial charge on any atom is -0.495 e. The fourth-order valence-corrected chi connectivity index (χ4v) is 5.79. The first kappa shape index (κ1) is 33.0. The van der Waals surface area contributed by atoms with Gasteiger partial charge < -0.3 is 30.1 Å². The molecular formula is C32H44N2O8. The van der Waals surface area contributed by atoms with Gasteiger partial charge in [-0.15, -0.1) is 0 Å². The summed E-state index contributed by atoms with van der Waals surface area (Å²) >= 11 is 0. The van der Waals surface area contributed by atoms with Crippen LogP contribution in [0.2, 0.25) is 0 Å². The highest BCUT2D eigenvalue weighted by Crippen LogP contribution is 2.37. The Morgan fingerprint density at radius 2 is 1.40 bits per heavy atom. The van der Waals surface area contributed by atoms with E-state index in [-0.39, 0.29) is 5.92 Å². The summed E-state index contributed by atoms with van der Waals surface area (Å²) in [7, 11) is 1.74. The quantitative estimate of drug-likeness (QED) is 0.310. The van der Waals surface area contributed by atoms with Crippen LogP contribution in [0.3, 0.4) is 0 Å². The standard InChI is InChI=1S/C28H38N2O2.C4H6O6/c1-28(24-13-7-4-8-14-24,27(31)23-11-5-3-6-12-23)17-18-29-19-21-30(22-20-29)25-15-9-10-16-26(25)32-2;5-1(3(7)8)2(6)4(9)10/h4,7-10,13-16,23H,3,5-6,11-12,17-22H2,1-2H3;1-2,5-6H,(H,7,8)(H,9,10)/t;1-,2-/m.1/s1. The van der Waals surface area contributed by atoms with Gasteiger partial charge in [0.15, 0.2) is 12.2 Å². The van der Waals surface area contributed by atoms with Crippen molar-refractivity contribution >= 4 is 23.4 Å². The lowest BCUT2D eigenvalue weighted by atomic mass is 9.69. The fraction of sp³-hybridized carbons (Fsp3) is 0.531. The number of hydrogen-bond acceptors (Lipinski definition) is 8. The van der Waals surface area contributed by atoms with E-state index in [9.17, 15) is 14.4 Å². The summed E-state index contributed by atoms with van der Waals surface area (Å²) < 4.78 is 5.56. The summed E-state index contributed by atoms with van der Waals surface area (Å²) in [5.74, 6) is -1.90. The second-order valence-corrected chi connectivity index (χ2v) is 11.2. The van der Waals surface area contributed by atoms with Gasteiger partial charge in [-0.2, -0.15) is 0 Å². The van der Waals surface area contributed by atoms with Crippen LogP contribution >= 0.6 is 0 Å². The Labute approximate surface area is 247 Å². The van der Waals surface area contributed by atoms with Crippen LogP contribution in [0.15, 0.2) is 54.6 Å². The Morgan fingerprint density at radius 1 is 0.857 bits per heavy atom. The van der Waals surface area contributed by atoms with Crippen molar-refractivity contribution in [2.75, 3.05) is 44.7 Å². The van der Waals surface area contributed by atoms with Crippen LogP contribution in [0.25, 0.3) is 0 Å². The number of aliphatic carboxylic acids is 2. The summed E-state index contributed by atoms with van der Waals surface area (Å²) in [6.07, 6.45) is 2.18. The maximum Gasteiger partial charge on any atom is 0.335 e. The van der Waals surface area contributed by atoms with Gasteiger partial charge in [-0.3, -0.25) is 9.69 Å². The number of aliphatic hydroxyl groups is 2. The smallest absolute Gasteiger partial charge is 0.335 e. The monoisotopic (exact) mass is 584 g/mol. The molecule has 3 atom stereocenters. The number of Topliss-reactive ketones (excluding diaryl/α,β-unsaturated/α-hetero) is 1. The van der Waals surface area contributed by atoms with E-state index < -0.39 is 29.6 Å². The van der Waals surface area contributed by atoms with Gasteiger partial charge in [-0.1, -0.05) is 61.7 Å². The van der Waals surface area contributed by atoms with Crippen LogP contribution in [-0.2, 0) is 19.8 Å². The highest BCUT2D eigenvalue weighted by atomic mass is 16.5. The number of carboxylic acid groups (broad SMARTS) is 2. The lowest BCUT2D eigenvalue weighted by molar-refractivity contribution is -0.165. The van der Waals surface area contributed by atoms with Gasteiger partial charge in [0.25, 0.3) is 0 Å². The van der Waals surface area contributed by atoms with Crippen molar-refractivity contribution < 1.29 is 39.5 Å². The number of rotatable bonds is 11. The Balaban J connectivity index is 0.000000416. The van der Waals surface area contributed by atoms with Gasteiger partial charge in [0.1, 0.15) is 11.5 Å². The van der Waals surface area contributed by atoms with Crippen molar-refractivity contribution in [1.29, 1.82) is 0 Å². The van der Waals surface area contributed by atoms with E-state index in [1.807, 2.05) is 18.2 Å². The van der Waals surface area contributed by atoms with Crippen LogP contribution in [0.1, 0.15) is 51.0 Å². The van der Waals surface area contributed by atoms with Crippen LogP contribution in [0.4, 0.5) is 5.69 Å². The van der Waals surface area contributed by atoms with Crippen molar-refractivity contribution in [2.24, 2.45) is 5.92 Å². The van der Waals surface area contributed by atoms with Crippen molar-refractivity contribution in [1.82, 2.24) is 4.90 Å². The largest absolute Gasteiger partial charge is 0.495 e. The molecule has 10 heteroatoms. The Kier molecular flexibility index (Phi) is 12.3. The van der Waals surface area contributed by atoms with E-state index in [4.69, 9.17) is 25.2 Å². The lowest BCUT2D eigenvalue weighted by Crippen LogP contribution is -2.48. The molecule has 1 heterocycles. The van der Waals surface area contributed by atoms with Gasteiger partial charge in [-0.25, -0.2) is 9.59 Å². The van der Waals surface area contributed by atoms with Gasteiger partial charge >= 0.3 is 11.9 Å². The maximum absolute atomic E-state index is 13.8. The average Bonchev–Trinajstić information content (AvgIpc) is 3.03. The molecular weight excluding hydrogens is 540 g/mol. The number of para-hydroxylation sites is 2. The molecule has 1 saturated heterocycles. The first-order valence-electron chi connectivity index (χ1n) is 14.6. The lowest BCUT2D eigenvalue weighted by Gasteiger charge is -2.39. The molecule has 1 saturated carbocycles. The first-order valence-corrected chi connectivity index (χ1v) is 14.6. The Morgan fingerprint density at radius 3 is 1.95 bits per heavy atom. The minimum atomic E-state index is -2.27. The highest BCUT2D eigenvalue weighted by Gasteiger charge is 2.39. The molecule has 0 spiro atoms. The van der Waals surface area contributed by atoms with Crippen molar-refractivity contribution in [2.45, 2.75) is 63.1 Å². The molecule has 0 radical (unpaired) electrons. The van der Waals surface area contributed by atoms with Crippen LogP contribution in [0.5, 0.6) is 5.75 Å². The third-order valence-electron chi connectivity index (χ3n) is 8.46. The number of carbonyl (C=O) groups is 3. The number of hydrogen-bond donors (Lipinski definition) is 4. The highest BCUT2D eigenvalue weighted by molar-refractivity contribution is 5.91. The van der Waals surface area contributed by atoms with Crippen LogP contribution in [-0.4, -0.2) is 95.1 Å². The average molecular weight is 585 g/mol. The molecule has 42 heavy (non-hydrogen) atoms. The molecule has 4 rings (SSSR count). The second-order valence-electron chi connectivity index (χ2n) is 11.2. The minimum absolute atomic E-state index is 0.233. The molecule has 0 bridgehead atoms. The number of nitrogens with zero attached hydrogens (tertiary/aromatic N) is 2. The number of ether oxygens (including phenoxy) is 1. The second kappa shape index (κ2) is 15.7.